The minimum atomic E-state index is 0.357. The molecule has 0 bridgehead atoms. The van der Waals surface area contributed by atoms with Crippen molar-refractivity contribution in [1.29, 1.82) is 5.41 Å². The molecule has 3 nitrogen and oxygen atoms in total. The monoisotopic (exact) mass is 576 g/mol. The van der Waals surface area contributed by atoms with E-state index in [-0.39, 0.29) is 0 Å². The number of hydrogen-bond acceptors (Lipinski definition) is 3. The Balaban J connectivity index is 1.26. The molecule has 0 amide bonds. The van der Waals surface area contributed by atoms with Gasteiger partial charge in [0.25, 0.3) is 0 Å². The first kappa shape index (κ1) is 26.6. The van der Waals surface area contributed by atoms with E-state index in [0.29, 0.717) is 17.2 Å². The van der Waals surface area contributed by atoms with Crippen molar-refractivity contribution in [1.82, 2.24) is 0 Å². The molecule has 0 saturated carbocycles. The van der Waals surface area contributed by atoms with Gasteiger partial charge in [0.2, 0.25) is 0 Å². The van der Waals surface area contributed by atoms with E-state index in [1.165, 1.54) is 16.2 Å². The molecule has 0 saturated heterocycles. The number of fused-ring (bicyclic) bond motifs is 5. The average molecular weight is 577 g/mol. The summed E-state index contributed by atoms with van der Waals surface area (Å²) in [5, 5.41) is 17.1. The van der Waals surface area contributed by atoms with E-state index in [9.17, 15) is 0 Å². The molecule has 0 aliphatic carbocycles. The number of aliphatic imine (C=N–C) groups is 1. The van der Waals surface area contributed by atoms with Crippen molar-refractivity contribution in [3.05, 3.63) is 175 Å². The highest BCUT2D eigenvalue weighted by molar-refractivity contribution is 6.20. The second kappa shape index (κ2) is 11.2. The van der Waals surface area contributed by atoms with Crippen molar-refractivity contribution in [2.45, 2.75) is 0 Å². The van der Waals surface area contributed by atoms with Gasteiger partial charge in [0.1, 0.15) is 11.3 Å². The molecule has 7 aromatic carbocycles. The van der Waals surface area contributed by atoms with Crippen LogP contribution in [0, 0.1) is 5.41 Å². The zero-order chi connectivity index (χ0) is 30.2. The van der Waals surface area contributed by atoms with Crippen molar-refractivity contribution in [2.24, 2.45) is 4.99 Å². The van der Waals surface area contributed by atoms with Crippen molar-refractivity contribution < 1.29 is 4.42 Å². The summed E-state index contributed by atoms with van der Waals surface area (Å²) >= 11 is 0. The summed E-state index contributed by atoms with van der Waals surface area (Å²) < 4.78 is 6.29. The van der Waals surface area contributed by atoms with Gasteiger partial charge in [-0.2, -0.15) is 0 Å². The Morgan fingerprint density at radius 1 is 0.533 bits per heavy atom. The highest BCUT2D eigenvalue weighted by Crippen LogP contribution is 2.33. The number of rotatable bonds is 6. The molecule has 0 spiro atoms. The first-order chi connectivity index (χ1) is 22.2. The third kappa shape index (κ3) is 5.01. The van der Waals surface area contributed by atoms with Crippen LogP contribution in [0.4, 0.5) is 0 Å². The lowest BCUT2D eigenvalue weighted by Crippen LogP contribution is -1.97. The number of hydrogen-bond donors (Lipinski definition) is 1. The highest BCUT2D eigenvalue weighted by Gasteiger charge is 2.13. The van der Waals surface area contributed by atoms with Gasteiger partial charge in [-0.25, -0.2) is 0 Å². The van der Waals surface area contributed by atoms with Gasteiger partial charge in [0, 0.05) is 17.2 Å². The number of para-hydroxylation sites is 1. The van der Waals surface area contributed by atoms with Gasteiger partial charge in [0.15, 0.2) is 5.76 Å². The topological polar surface area (TPSA) is 49.4 Å². The Labute approximate surface area is 260 Å². The van der Waals surface area contributed by atoms with Gasteiger partial charge in [-0.1, -0.05) is 133 Å². The Kier molecular flexibility index (Phi) is 6.62. The molecule has 8 aromatic rings. The molecule has 0 radical (unpaired) electrons. The summed E-state index contributed by atoms with van der Waals surface area (Å²) in [7, 11) is 0. The zero-order valence-electron chi connectivity index (χ0n) is 24.4. The number of furan rings is 1. The predicted molar refractivity (Wildman–Crippen MR) is 189 cm³/mol. The first-order valence-electron chi connectivity index (χ1n) is 15.0. The summed E-state index contributed by atoms with van der Waals surface area (Å²) in [6, 6.07) is 51.9. The average Bonchev–Trinajstić information content (AvgIpc) is 3.54. The molecule has 8 rings (SSSR count). The maximum absolute atomic E-state index is 9.06. The zero-order valence-corrected chi connectivity index (χ0v) is 24.4. The summed E-state index contributed by atoms with van der Waals surface area (Å²) in [4.78, 5) is 5.07. The lowest BCUT2D eigenvalue weighted by atomic mass is 9.94. The fourth-order valence-electron chi connectivity index (χ4n) is 6.10. The Hall–Kier alpha value is -6.06. The molecule has 3 heteroatoms. The molecule has 1 heterocycles. The second-order valence-corrected chi connectivity index (χ2v) is 11.2. The van der Waals surface area contributed by atoms with Crippen LogP contribution in [0.5, 0.6) is 0 Å². The Morgan fingerprint density at radius 3 is 2.00 bits per heavy atom. The Morgan fingerprint density at radius 2 is 1.20 bits per heavy atom. The molecular weight excluding hydrogens is 548 g/mol. The van der Waals surface area contributed by atoms with Crippen molar-refractivity contribution >= 4 is 60.9 Å². The third-order valence-corrected chi connectivity index (χ3v) is 8.41. The lowest BCUT2D eigenvalue weighted by molar-refractivity contribution is 0.599. The first-order valence-corrected chi connectivity index (χ1v) is 15.0. The number of allylic oxidation sites excluding steroid dienone is 1. The summed E-state index contributed by atoms with van der Waals surface area (Å²) in [5.74, 6) is 0.619. The fraction of sp³-hybridized carbons (Fsp3) is 0. The van der Waals surface area contributed by atoms with Crippen LogP contribution in [0.1, 0.15) is 16.9 Å². The molecule has 0 fully saturated rings. The molecular formula is C42H28N2O. The van der Waals surface area contributed by atoms with Crippen LogP contribution < -0.4 is 0 Å². The molecule has 0 atom stereocenters. The van der Waals surface area contributed by atoms with E-state index in [2.05, 4.69) is 91.0 Å². The number of nitrogens with one attached hydrogen (secondary N) is 1. The van der Waals surface area contributed by atoms with Crippen molar-refractivity contribution in [3.63, 3.8) is 0 Å². The van der Waals surface area contributed by atoms with Gasteiger partial charge >= 0.3 is 0 Å². The van der Waals surface area contributed by atoms with E-state index in [1.807, 2.05) is 66.9 Å². The molecule has 212 valence electrons. The molecule has 1 N–H and O–H groups in total. The summed E-state index contributed by atoms with van der Waals surface area (Å²) in [6.45, 7) is 0. The quantitative estimate of drug-likeness (QED) is 0.119. The van der Waals surface area contributed by atoms with Crippen LogP contribution >= 0.6 is 0 Å². The van der Waals surface area contributed by atoms with Gasteiger partial charge in [-0.05, 0) is 73.3 Å². The molecule has 1 aromatic heterocycles. The van der Waals surface area contributed by atoms with Crippen LogP contribution in [0.3, 0.4) is 0 Å². The van der Waals surface area contributed by atoms with Gasteiger partial charge < -0.3 is 9.83 Å². The SMILES string of the molecule is N=C(/C=C(\N=Cc1c2ccccc2cc2c1ccc1ccccc12)c1cc2ccccc2o1)c1ccc(-c2ccccc2)cc1. The van der Waals surface area contributed by atoms with E-state index in [1.54, 1.807) is 6.08 Å². The third-order valence-electron chi connectivity index (χ3n) is 8.41. The minimum absolute atomic E-state index is 0.357. The minimum Gasteiger partial charge on any atom is -0.454 e. The van der Waals surface area contributed by atoms with Crippen LogP contribution in [0.15, 0.2) is 167 Å². The van der Waals surface area contributed by atoms with Gasteiger partial charge in [-0.15, -0.1) is 0 Å². The van der Waals surface area contributed by atoms with Crippen LogP contribution in [0.25, 0.3) is 60.1 Å². The van der Waals surface area contributed by atoms with Crippen LogP contribution in [-0.4, -0.2) is 11.9 Å². The molecule has 0 aliphatic heterocycles. The van der Waals surface area contributed by atoms with Gasteiger partial charge in [0.05, 0.1) is 5.71 Å². The van der Waals surface area contributed by atoms with Crippen LogP contribution in [0.2, 0.25) is 0 Å². The van der Waals surface area contributed by atoms with E-state index in [0.717, 1.165) is 49.4 Å². The Bertz CT molecular complexity index is 2400. The number of benzene rings is 7. The van der Waals surface area contributed by atoms with E-state index in [4.69, 9.17) is 14.8 Å². The predicted octanol–water partition coefficient (Wildman–Crippen LogP) is 11.1. The lowest BCUT2D eigenvalue weighted by Gasteiger charge is -2.11. The number of nitrogens with zero attached hydrogens (tertiary/aromatic N) is 1. The normalized spacial score (nSPS) is 12.1. The largest absolute Gasteiger partial charge is 0.454 e. The van der Waals surface area contributed by atoms with E-state index >= 15 is 0 Å². The molecule has 0 aliphatic rings. The van der Waals surface area contributed by atoms with Crippen LogP contribution in [-0.2, 0) is 0 Å². The van der Waals surface area contributed by atoms with Crippen molar-refractivity contribution in [2.75, 3.05) is 0 Å². The summed E-state index contributed by atoms with van der Waals surface area (Å²) in [5.41, 5.74) is 5.83. The smallest absolute Gasteiger partial charge is 0.153 e. The molecule has 0 unspecified atom stereocenters. The van der Waals surface area contributed by atoms with Gasteiger partial charge in [-0.3, -0.25) is 4.99 Å². The standard InChI is InChI=1S/C42H28N2O/c43-39(31-20-18-29(19-21-31)28-10-2-1-3-11-28)26-40(42-25-33-14-6-9-17-41(33)45-42)44-27-38-35-16-8-5-13-32(35)24-37-34-15-7-4-12-30(34)22-23-36(37)38/h1-27,43H/b40-26-,43-39?,44-27?. The highest BCUT2D eigenvalue weighted by atomic mass is 16.3. The maximum atomic E-state index is 9.06. The summed E-state index contributed by atoms with van der Waals surface area (Å²) in [6.07, 6.45) is 3.73. The molecule has 45 heavy (non-hydrogen) atoms. The second-order valence-electron chi connectivity index (χ2n) is 11.2. The maximum Gasteiger partial charge on any atom is 0.153 e. The van der Waals surface area contributed by atoms with E-state index < -0.39 is 0 Å². The fourth-order valence-corrected chi connectivity index (χ4v) is 6.10. The van der Waals surface area contributed by atoms with Crippen molar-refractivity contribution in [3.8, 4) is 11.1 Å².